The Morgan fingerprint density at radius 2 is 1.80 bits per heavy atom. The van der Waals surface area contributed by atoms with Crippen molar-refractivity contribution in [3.63, 3.8) is 0 Å². The minimum Gasteiger partial charge on any atom is -0.494 e. The smallest absolute Gasteiger partial charge is 0.330 e. The van der Waals surface area contributed by atoms with Crippen LogP contribution in [-0.4, -0.2) is 31.3 Å². The zero-order valence-electron chi connectivity index (χ0n) is 18.2. The highest BCUT2D eigenvalue weighted by molar-refractivity contribution is 5.81. The summed E-state index contributed by atoms with van der Waals surface area (Å²) in [5.41, 5.74) is 3.77. The summed E-state index contributed by atoms with van der Waals surface area (Å²) in [5, 5.41) is 3.50. The first-order chi connectivity index (χ1) is 14.3. The number of anilines is 1. The van der Waals surface area contributed by atoms with Crippen LogP contribution in [0, 0.1) is 0 Å². The SMILES string of the molecule is C=CC(=O)OCCOc1ccccc1.CCOc1ccc2c(c1)C(C)=CC(C)(C)N2. The average Bonchev–Trinajstić information content (AvgIpc) is 2.72. The van der Waals surface area contributed by atoms with Crippen molar-refractivity contribution in [1.82, 2.24) is 0 Å². The molecule has 2 aromatic carbocycles. The van der Waals surface area contributed by atoms with Crippen molar-refractivity contribution < 1.29 is 19.0 Å². The Kier molecular flexibility index (Phi) is 8.54. The Morgan fingerprint density at radius 1 is 1.07 bits per heavy atom. The van der Waals surface area contributed by atoms with Crippen LogP contribution in [0.25, 0.3) is 5.57 Å². The second kappa shape index (κ2) is 11.1. The maximum Gasteiger partial charge on any atom is 0.330 e. The molecule has 0 bridgehead atoms. The molecule has 1 heterocycles. The Balaban J connectivity index is 0.000000216. The van der Waals surface area contributed by atoms with Gasteiger partial charge in [-0.25, -0.2) is 4.79 Å². The lowest BCUT2D eigenvalue weighted by atomic mass is 9.91. The van der Waals surface area contributed by atoms with Gasteiger partial charge in [0.2, 0.25) is 0 Å². The first-order valence-electron chi connectivity index (χ1n) is 10.1. The van der Waals surface area contributed by atoms with Gasteiger partial charge in [-0.15, -0.1) is 0 Å². The number of para-hydroxylation sites is 1. The molecule has 0 aliphatic carbocycles. The Bertz CT molecular complexity index is 872. The van der Waals surface area contributed by atoms with Crippen molar-refractivity contribution in [3.8, 4) is 11.5 Å². The summed E-state index contributed by atoms with van der Waals surface area (Å²) in [6.45, 7) is 13.1. The van der Waals surface area contributed by atoms with Gasteiger partial charge in [0.1, 0.15) is 24.7 Å². The van der Waals surface area contributed by atoms with Crippen LogP contribution >= 0.6 is 0 Å². The monoisotopic (exact) mass is 409 g/mol. The number of nitrogens with one attached hydrogen (secondary N) is 1. The zero-order valence-corrected chi connectivity index (χ0v) is 18.2. The molecule has 5 nitrogen and oxygen atoms in total. The van der Waals surface area contributed by atoms with Crippen molar-refractivity contribution in [2.75, 3.05) is 25.1 Å². The highest BCUT2D eigenvalue weighted by atomic mass is 16.6. The van der Waals surface area contributed by atoms with Crippen LogP contribution in [-0.2, 0) is 9.53 Å². The number of benzene rings is 2. The van der Waals surface area contributed by atoms with Gasteiger partial charge in [-0.05, 0) is 63.6 Å². The van der Waals surface area contributed by atoms with Gasteiger partial charge in [0.25, 0.3) is 0 Å². The second-order valence-corrected chi connectivity index (χ2v) is 7.35. The molecule has 160 valence electrons. The standard InChI is InChI=1S/C14H19NO.C11H12O3/c1-5-16-11-6-7-13-12(8-11)10(2)9-14(3,4)15-13;1-2-11(12)14-9-8-13-10-6-4-3-5-7-10/h6-9,15H,5H2,1-4H3;2-7H,1,8-9H2. The molecule has 0 fully saturated rings. The van der Waals surface area contributed by atoms with Gasteiger partial charge >= 0.3 is 5.97 Å². The van der Waals surface area contributed by atoms with Crippen LogP contribution < -0.4 is 14.8 Å². The lowest BCUT2D eigenvalue weighted by molar-refractivity contribution is -0.138. The summed E-state index contributed by atoms with van der Waals surface area (Å²) < 4.78 is 15.5. The van der Waals surface area contributed by atoms with Crippen molar-refractivity contribution >= 4 is 17.2 Å². The van der Waals surface area contributed by atoms with E-state index < -0.39 is 5.97 Å². The molecule has 0 atom stereocenters. The van der Waals surface area contributed by atoms with E-state index in [1.807, 2.05) is 43.3 Å². The molecule has 30 heavy (non-hydrogen) atoms. The normalized spacial score (nSPS) is 13.4. The van der Waals surface area contributed by atoms with Gasteiger partial charge in [-0.2, -0.15) is 0 Å². The average molecular weight is 410 g/mol. The number of carbonyl (C=O) groups excluding carboxylic acids is 1. The van der Waals surface area contributed by atoms with Gasteiger partial charge < -0.3 is 19.5 Å². The van der Waals surface area contributed by atoms with Gasteiger partial charge in [-0.1, -0.05) is 30.9 Å². The summed E-state index contributed by atoms with van der Waals surface area (Å²) in [4.78, 5) is 10.6. The number of hydrogen-bond acceptors (Lipinski definition) is 5. The first kappa shape index (κ1) is 23.1. The van der Waals surface area contributed by atoms with Gasteiger partial charge in [-0.3, -0.25) is 0 Å². The molecular weight excluding hydrogens is 378 g/mol. The fourth-order valence-electron chi connectivity index (χ4n) is 3.09. The third-order valence-corrected chi connectivity index (χ3v) is 4.27. The fourth-order valence-corrected chi connectivity index (χ4v) is 3.09. The zero-order chi connectivity index (χ0) is 22.0. The van der Waals surface area contributed by atoms with Gasteiger partial charge in [0.05, 0.1) is 12.1 Å². The Morgan fingerprint density at radius 3 is 2.47 bits per heavy atom. The maximum atomic E-state index is 10.6. The molecule has 5 heteroatoms. The van der Waals surface area contributed by atoms with E-state index in [0.717, 1.165) is 17.6 Å². The predicted molar refractivity (Wildman–Crippen MR) is 122 cm³/mol. The number of rotatable bonds is 7. The third-order valence-electron chi connectivity index (χ3n) is 4.27. The number of fused-ring (bicyclic) bond motifs is 1. The first-order valence-corrected chi connectivity index (χ1v) is 10.1. The molecule has 0 unspecified atom stereocenters. The van der Waals surface area contributed by atoms with Crippen molar-refractivity contribution in [3.05, 3.63) is 72.8 Å². The predicted octanol–water partition coefficient (Wildman–Crippen LogP) is 5.49. The molecular formula is C25H31NO4. The maximum absolute atomic E-state index is 10.6. The minimum atomic E-state index is -0.429. The number of ether oxygens (including phenoxy) is 3. The van der Waals surface area contributed by atoms with E-state index in [9.17, 15) is 4.79 Å². The molecule has 1 aliphatic rings. The summed E-state index contributed by atoms with van der Waals surface area (Å²) in [7, 11) is 0. The summed E-state index contributed by atoms with van der Waals surface area (Å²) in [6, 6.07) is 15.6. The van der Waals surface area contributed by atoms with Crippen molar-refractivity contribution in [1.29, 1.82) is 0 Å². The van der Waals surface area contributed by atoms with Gasteiger partial charge in [0.15, 0.2) is 0 Å². The summed E-state index contributed by atoms with van der Waals surface area (Å²) >= 11 is 0. The van der Waals surface area contributed by atoms with E-state index in [2.05, 4.69) is 50.9 Å². The third kappa shape index (κ3) is 7.32. The van der Waals surface area contributed by atoms with E-state index in [0.29, 0.717) is 13.2 Å². The Labute approximate surface area is 179 Å². The number of allylic oxidation sites excluding steroid dienone is 1. The lowest BCUT2D eigenvalue weighted by Crippen LogP contribution is -2.31. The van der Waals surface area contributed by atoms with E-state index in [-0.39, 0.29) is 12.1 Å². The van der Waals surface area contributed by atoms with Crippen LogP contribution in [0.2, 0.25) is 0 Å². The minimum absolute atomic E-state index is 0.0320. The van der Waals surface area contributed by atoms with E-state index >= 15 is 0 Å². The van der Waals surface area contributed by atoms with E-state index in [1.54, 1.807) is 0 Å². The number of hydrogen-bond donors (Lipinski definition) is 1. The van der Waals surface area contributed by atoms with Crippen LogP contribution in [0.15, 0.2) is 67.3 Å². The molecule has 0 amide bonds. The molecule has 0 saturated carbocycles. The highest BCUT2D eigenvalue weighted by Crippen LogP contribution is 2.35. The largest absolute Gasteiger partial charge is 0.494 e. The second-order valence-electron chi connectivity index (χ2n) is 7.35. The van der Waals surface area contributed by atoms with Gasteiger partial charge in [0, 0.05) is 17.3 Å². The molecule has 2 aromatic rings. The molecule has 0 saturated heterocycles. The van der Waals surface area contributed by atoms with Crippen LogP contribution in [0.5, 0.6) is 11.5 Å². The highest BCUT2D eigenvalue weighted by Gasteiger charge is 2.22. The van der Waals surface area contributed by atoms with E-state index in [1.165, 1.54) is 16.8 Å². The van der Waals surface area contributed by atoms with E-state index in [4.69, 9.17) is 14.2 Å². The summed E-state index contributed by atoms with van der Waals surface area (Å²) in [6.07, 6.45) is 3.38. The molecule has 3 rings (SSSR count). The van der Waals surface area contributed by atoms with Crippen molar-refractivity contribution in [2.45, 2.75) is 33.2 Å². The van der Waals surface area contributed by atoms with Crippen LogP contribution in [0.3, 0.4) is 0 Å². The lowest BCUT2D eigenvalue weighted by Gasteiger charge is -2.31. The Hall–Kier alpha value is -3.21. The van der Waals surface area contributed by atoms with Crippen LogP contribution in [0.1, 0.15) is 33.3 Å². The molecule has 0 radical (unpaired) electrons. The van der Waals surface area contributed by atoms with Crippen molar-refractivity contribution in [2.24, 2.45) is 0 Å². The quantitative estimate of drug-likeness (QED) is 0.372. The van der Waals surface area contributed by atoms with Crippen LogP contribution in [0.4, 0.5) is 5.69 Å². The number of carbonyl (C=O) groups is 1. The fraction of sp³-hybridized carbons (Fsp3) is 0.320. The molecule has 1 N–H and O–H groups in total. The number of esters is 1. The topological polar surface area (TPSA) is 56.8 Å². The molecule has 0 spiro atoms. The summed E-state index contributed by atoms with van der Waals surface area (Å²) in [5.74, 6) is 1.28. The molecule has 0 aromatic heterocycles. The molecule has 1 aliphatic heterocycles.